The van der Waals surface area contributed by atoms with E-state index in [1.54, 1.807) is 13.8 Å². The van der Waals surface area contributed by atoms with Crippen molar-refractivity contribution < 1.29 is 32.0 Å². The Balaban J connectivity index is 2.87. The molecule has 1 aromatic carbocycles. The number of rotatable bonds is 8. The van der Waals surface area contributed by atoms with Crippen molar-refractivity contribution >= 4 is 19.1 Å². The third kappa shape index (κ3) is 7.05. The molecule has 0 heterocycles. The lowest BCUT2D eigenvalue weighted by Gasteiger charge is -2.24. The SMILES string of the molecule is COCP(=O)(Nc1ccc(C(F)(F)F)cc1)NC(C)C(=O)OC(C)C. The zero-order valence-corrected chi connectivity index (χ0v) is 15.3. The van der Waals surface area contributed by atoms with Crippen molar-refractivity contribution in [3.63, 3.8) is 0 Å². The minimum Gasteiger partial charge on any atom is -0.462 e. The molecule has 10 heteroatoms. The van der Waals surface area contributed by atoms with Crippen molar-refractivity contribution in [3.8, 4) is 0 Å². The normalized spacial score (nSPS) is 15.5. The average Bonchev–Trinajstić information content (AvgIpc) is 2.45. The molecule has 0 bridgehead atoms. The van der Waals surface area contributed by atoms with Crippen molar-refractivity contribution in [2.75, 3.05) is 18.5 Å². The molecular formula is C15H22F3N2O4P. The number of hydrogen-bond donors (Lipinski definition) is 2. The van der Waals surface area contributed by atoms with Gasteiger partial charge in [0, 0.05) is 12.8 Å². The quantitative estimate of drug-likeness (QED) is 0.526. The molecule has 0 aromatic heterocycles. The van der Waals surface area contributed by atoms with Gasteiger partial charge < -0.3 is 14.6 Å². The van der Waals surface area contributed by atoms with Crippen molar-refractivity contribution in [1.29, 1.82) is 0 Å². The summed E-state index contributed by atoms with van der Waals surface area (Å²) >= 11 is 0. The number of benzene rings is 1. The van der Waals surface area contributed by atoms with Crippen molar-refractivity contribution in [2.24, 2.45) is 0 Å². The van der Waals surface area contributed by atoms with Crippen LogP contribution in [0, 0.1) is 0 Å². The first-order valence-corrected chi connectivity index (χ1v) is 9.38. The number of alkyl halides is 3. The molecule has 1 aromatic rings. The lowest BCUT2D eigenvalue weighted by molar-refractivity contribution is -0.149. The van der Waals surface area contributed by atoms with Crippen LogP contribution in [0.3, 0.4) is 0 Å². The van der Waals surface area contributed by atoms with Gasteiger partial charge in [0.25, 0.3) is 7.44 Å². The van der Waals surface area contributed by atoms with Gasteiger partial charge in [0.05, 0.1) is 11.7 Å². The van der Waals surface area contributed by atoms with Gasteiger partial charge in [0.15, 0.2) is 0 Å². The summed E-state index contributed by atoms with van der Waals surface area (Å²) in [6.07, 6.45) is -5.06. The highest BCUT2D eigenvalue weighted by atomic mass is 31.2. The van der Waals surface area contributed by atoms with E-state index in [-0.39, 0.29) is 18.1 Å². The van der Waals surface area contributed by atoms with Gasteiger partial charge in [-0.1, -0.05) is 0 Å². The van der Waals surface area contributed by atoms with E-state index in [4.69, 9.17) is 9.47 Å². The van der Waals surface area contributed by atoms with E-state index in [2.05, 4.69) is 10.2 Å². The summed E-state index contributed by atoms with van der Waals surface area (Å²) in [6.45, 7) is 4.83. The topological polar surface area (TPSA) is 76.7 Å². The van der Waals surface area contributed by atoms with E-state index in [0.717, 1.165) is 24.3 Å². The molecule has 25 heavy (non-hydrogen) atoms. The second-order valence-electron chi connectivity index (χ2n) is 5.68. The number of esters is 1. The first-order valence-electron chi connectivity index (χ1n) is 7.48. The lowest BCUT2D eigenvalue weighted by Crippen LogP contribution is -2.37. The van der Waals surface area contributed by atoms with E-state index in [1.807, 2.05) is 0 Å². The summed E-state index contributed by atoms with van der Waals surface area (Å²) in [7, 11) is -2.14. The molecule has 0 radical (unpaired) electrons. The van der Waals surface area contributed by atoms with Crippen LogP contribution in [0.5, 0.6) is 0 Å². The Morgan fingerprint density at radius 3 is 2.20 bits per heavy atom. The van der Waals surface area contributed by atoms with Gasteiger partial charge in [0.1, 0.15) is 12.4 Å². The van der Waals surface area contributed by atoms with Crippen LogP contribution in [0.2, 0.25) is 0 Å². The van der Waals surface area contributed by atoms with Crippen LogP contribution in [0.4, 0.5) is 18.9 Å². The molecule has 1 rings (SSSR count). The maximum atomic E-state index is 12.9. The largest absolute Gasteiger partial charge is 0.462 e. The van der Waals surface area contributed by atoms with Crippen LogP contribution in [-0.2, 0) is 25.0 Å². The van der Waals surface area contributed by atoms with Gasteiger partial charge in [0.2, 0.25) is 0 Å². The van der Waals surface area contributed by atoms with Crippen LogP contribution in [0.1, 0.15) is 26.3 Å². The minimum atomic E-state index is -4.46. The average molecular weight is 382 g/mol. The van der Waals surface area contributed by atoms with Gasteiger partial charge in [-0.3, -0.25) is 9.36 Å². The maximum Gasteiger partial charge on any atom is 0.416 e. The van der Waals surface area contributed by atoms with Gasteiger partial charge in [-0.2, -0.15) is 13.2 Å². The van der Waals surface area contributed by atoms with Crippen molar-refractivity contribution in [1.82, 2.24) is 5.09 Å². The number of carbonyl (C=O) groups is 1. The van der Waals surface area contributed by atoms with E-state index < -0.39 is 31.2 Å². The number of nitrogens with one attached hydrogen (secondary N) is 2. The summed E-state index contributed by atoms with van der Waals surface area (Å²) in [5, 5.41) is 5.23. The van der Waals surface area contributed by atoms with E-state index in [0.29, 0.717) is 0 Å². The highest BCUT2D eigenvalue weighted by molar-refractivity contribution is 7.63. The van der Waals surface area contributed by atoms with Crippen LogP contribution in [0.15, 0.2) is 24.3 Å². The van der Waals surface area contributed by atoms with Crippen LogP contribution >= 0.6 is 7.44 Å². The predicted octanol–water partition coefficient (Wildman–Crippen LogP) is 3.84. The van der Waals surface area contributed by atoms with E-state index in [1.165, 1.54) is 14.0 Å². The molecule has 2 unspecified atom stereocenters. The Bertz CT molecular complexity index is 620. The molecule has 0 aliphatic carbocycles. The van der Waals surface area contributed by atoms with Crippen LogP contribution in [0.25, 0.3) is 0 Å². The first kappa shape index (κ1) is 21.5. The molecular weight excluding hydrogens is 360 g/mol. The summed E-state index contributed by atoms with van der Waals surface area (Å²) in [5.41, 5.74) is -0.619. The van der Waals surface area contributed by atoms with Gasteiger partial charge in [-0.25, -0.2) is 5.09 Å². The smallest absolute Gasteiger partial charge is 0.416 e. The highest BCUT2D eigenvalue weighted by Crippen LogP contribution is 2.42. The van der Waals surface area contributed by atoms with Crippen LogP contribution < -0.4 is 10.2 Å². The molecule has 0 saturated heterocycles. The monoisotopic (exact) mass is 382 g/mol. The Hall–Kier alpha value is -1.57. The first-order chi connectivity index (χ1) is 11.5. The van der Waals surface area contributed by atoms with E-state index >= 15 is 0 Å². The zero-order valence-electron chi connectivity index (χ0n) is 14.4. The molecule has 142 valence electrons. The highest BCUT2D eigenvalue weighted by Gasteiger charge is 2.31. The minimum absolute atomic E-state index is 0.199. The van der Waals surface area contributed by atoms with Gasteiger partial charge >= 0.3 is 12.1 Å². The molecule has 2 N–H and O–H groups in total. The Morgan fingerprint density at radius 2 is 1.76 bits per heavy atom. The predicted molar refractivity (Wildman–Crippen MR) is 88.4 cm³/mol. The van der Waals surface area contributed by atoms with Gasteiger partial charge in [-0.05, 0) is 45.0 Å². The second kappa shape index (κ2) is 8.69. The third-order valence-corrected chi connectivity index (χ3v) is 4.99. The second-order valence-corrected chi connectivity index (χ2v) is 7.90. The fourth-order valence-electron chi connectivity index (χ4n) is 1.93. The fourth-order valence-corrected chi connectivity index (χ4v) is 3.79. The summed E-state index contributed by atoms with van der Waals surface area (Å²) < 4.78 is 60.6. The number of carbonyl (C=O) groups excluding carboxylic acids is 1. The maximum absolute atomic E-state index is 12.9. The molecule has 0 aliphatic heterocycles. The number of methoxy groups -OCH3 is 1. The number of hydrogen-bond acceptors (Lipinski definition) is 4. The standard InChI is InChI=1S/C15H22F3N2O4P/c1-10(2)24-14(21)11(3)19-25(22,9-23-4)20-13-7-5-12(6-8-13)15(16,17)18/h5-8,10-11H,9H2,1-4H3,(H2,19,20,22). The van der Waals surface area contributed by atoms with Crippen molar-refractivity contribution in [2.45, 2.75) is 39.1 Å². The summed E-state index contributed by atoms with van der Waals surface area (Å²) in [4.78, 5) is 11.8. The Morgan fingerprint density at radius 1 is 1.20 bits per heavy atom. The molecule has 0 spiro atoms. The van der Waals surface area contributed by atoms with Crippen LogP contribution in [-0.4, -0.2) is 31.6 Å². The molecule has 0 aliphatic rings. The summed E-state index contributed by atoms with van der Waals surface area (Å²) in [5.74, 6) is -0.597. The fraction of sp³-hybridized carbons (Fsp3) is 0.533. The lowest BCUT2D eigenvalue weighted by atomic mass is 10.2. The van der Waals surface area contributed by atoms with Gasteiger partial charge in [-0.15, -0.1) is 0 Å². The molecule has 0 saturated carbocycles. The molecule has 0 amide bonds. The Kier molecular flexibility index (Phi) is 7.46. The zero-order chi connectivity index (χ0) is 19.3. The molecule has 0 fully saturated rings. The van der Waals surface area contributed by atoms with Crippen molar-refractivity contribution in [3.05, 3.63) is 29.8 Å². The molecule has 2 atom stereocenters. The summed E-state index contributed by atoms with van der Waals surface area (Å²) in [6, 6.07) is 3.16. The number of anilines is 1. The number of ether oxygens (including phenoxy) is 2. The molecule has 6 nitrogen and oxygen atoms in total. The number of halogens is 3. The Labute approximate surface area is 144 Å². The van der Waals surface area contributed by atoms with E-state index in [9.17, 15) is 22.5 Å². The third-order valence-electron chi connectivity index (χ3n) is 2.94.